The molecule has 4 nitrogen and oxygen atoms in total. The van der Waals surface area contributed by atoms with Gasteiger partial charge in [-0.2, -0.15) is 0 Å². The van der Waals surface area contributed by atoms with E-state index >= 15 is 0 Å². The molecule has 0 atom stereocenters. The lowest BCUT2D eigenvalue weighted by atomic mass is 10.2. The molecular formula is C20H19ClN2O2S. The van der Waals surface area contributed by atoms with Crippen molar-refractivity contribution in [3.63, 3.8) is 0 Å². The summed E-state index contributed by atoms with van der Waals surface area (Å²) in [5, 5.41) is 7.62. The van der Waals surface area contributed by atoms with Gasteiger partial charge in [0, 0.05) is 27.8 Å². The van der Waals surface area contributed by atoms with Gasteiger partial charge in [-0.05, 0) is 43.7 Å². The van der Waals surface area contributed by atoms with Crippen molar-refractivity contribution in [1.29, 1.82) is 0 Å². The highest BCUT2D eigenvalue weighted by Crippen LogP contribution is 2.28. The number of benzene rings is 2. The maximum Gasteiger partial charge on any atom is 0.252 e. The molecule has 2 aromatic carbocycles. The number of carbonyl (C=O) groups is 1. The number of carbonyl (C=O) groups excluding carboxylic acids is 1. The van der Waals surface area contributed by atoms with Crippen LogP contribution in [0.2, 0.25) is 5.02 Å². The summed E-state index contributed by atoms with van der Waals surface area (Å²) < 4.78 is 5.21. The first kappa shape index (κ1) is 18.5. The summed E-state index contributed by atoms with van der Waals surface area (Å²) in [6, 6.07) is 15.0. The zero-order chi connectivity index (χ0) is 18.5. The van der Waals surface area contributed by atoms with Crippen LogP contribution in [0.15, 0.2) is 57.9 Å². The van der Waals surface area contributed by atoms with Crippen molar-refractivity contribution >= 4 is 29.3 Å². The van der Waals surface area contributed by atoms with E-state index in [4.69, 9.17) is 16.1 Å². The minimum atomic E-state index is -0.0955. The van der Waals surface area contributed by atoms with E-state index in [1.54, 1.807) is 11.8 Å². The Bertz CT molecular complexity index is 887. The molecule has 3 aromatic rings. The van der Waals surface area contributed by atoms with Crippen LogP contribution in [0.1, 0.15) is 32.9 Å². The molecule has 0 unspecified atom stereocenters. The van der Waals surface area contributed by atoms with Gasteiger partial charge in [-0.1, -0.05) is 41.0 Å². The summed E-state index contributed by atoms with van der Waals surface area (Å²) in [5.74, 6) is 1.43. The molecule has 1 aromatic heterocycles. The summed E-state index contributed by atoms with van der Waals surface area (Å²) in [7, 11) is 0. The maximum atomic E-state index is 12.6. The van der Waals surface area contributed by atoms with E-state index in [9.17, 15) is 4.79 Å². The van der Waals surface area contributed by atoms with Crippen LogP contribution in [0.4, 0.5) is 0 Å². The summed E-state index contributed by atoms with van der Waals surface area (Å²) in [6.07, 6.45) is 0. The molecule has 1 heterocycles. The summed E-state index contributed by atoms with van der Waals surface area (Å²) in [5.41, 5.74) is 3.63. The van der Waals surface area contributed by atoms with Crippen molar-refractivity contribution in [3.8, 4) is 0 Å². The van der Waals surface area contributed by atoms with Crippen LogP contribution in [-0.2, 0) is 12.3 Å². The largest absolute Gasteiger partial charge is 0.361 e. The lowest BCUT2D eigenvalue weighted by Gasteiger charge is -2.10. The number of hydrogen-bond donors (Lipinski definition) is 1. The van der Waals surface area contributed by atoms with Crippen LogP contribution in [0.5, 0.6) is 0 Å². The van der Waals surface area contributed by atoms with Gasteiger partial charge in [0.1, 0.15) is 5.76 Å². The van der Waals surface area contributed by atoms with Gasteiger partial charge in [-0.15, -0.1) is 11.8 Å². The molecule has 0 bridgehead atoms. The molecule has 0 radical (unpaired) electrons. The summed E-state index contributed by atoms with van der Waals surface area (Å²) in [6.45, 7) is 4.29. The Kier molecular flexibility index (Phi) is 6.01. The second-order valence-electron chi connectivity index (χ2n) is 5.90. The number of rotatable bonds is 6. The van der Waals surface area contributed by atoms with Crippen LogP contribution in [-0.4, -0.2) is 11.1 Å². The van der Waals surface area contributed by atoms with Crippen LogP contribution in [0.25, 0.3) is 0 Å². The highest BCUT2D eigenvalue weighted by atomic mass is 35.5. The van der Waals surface area contributed by atoms with Crippen molar-refractivity contribution in [2.75, 3.05) is 0 Å². The number of nitrogens with zero attached hydrogens (tertiary/aromatic N) is 1. The molecule has 0 fully saturated rings. The number of hydrogen-bond acceptors (Lipinski definition) is 4. The Balaban J connectivity index is 1.67. The lowest BCUT2D eigenvalue weighted by Crippen LogP contribution is -2.23. The SMILES string of the molecule is Cc1noc(C)c1CSc1ccccc1C(=O)NCc1ccc(Cl)cc1. The fourth-order valence-electron chi connectivity index (χ4n) is 2.52. The number of thioether (sulfide) groups is 1. The van der Waals surface area contributed by atoms with E-state index in [0.29, 0.717) is 22.9 Å². The third-order valence-corrected chi connectivity index (χ3v) is 5.40. The van der Waals surface area contributed by atoms with Gasteiger partial charge in [0.2, 0.25) is 0 Å². The Morgan fingerprint density at radius 3 is 2.58 bits per heavy atom. The van der Waals surface area contributed by atoms with Crippen molar-refractivity contribution in [2.45, 2.75) is 31.0 Å². The molecule has 6 heteroatoms. The van der Waals surface area contributed by atoms with E-state index in [-0.39, 0.29) is 5.91 Å². The third-order valence-electron chi connectivity index (χ3n) is 4.05. The lowest BCUT2D eigenvalue weighted by molar-refractivity contribution is 0.0948. The number of nitrogens with one attached hydrogen (secondary N) is 1. The van der Waals surface area contributed by atoms with Gasteiger partial charge in [0.25, 0.3) is 5.91 Å². The Hall–Kier alpha value is -2.24. The van der Waals surface area contributed by atoms with Crippen LogP contribution < -0.4 is 5.32 Å². The van der Waals surface area contributed by atoms with Crippen molar-refractivity contribution in [2.24, 2.45) is 0 Å². The Morgan fingerprint density at radius 1 is 1.15 bits per heavy atom. The fraction of sp³-hybridized carbons (Fsp3) is 0.200. The molecule has 0 aliphatic heterocycles. The number of aromatic nitrogens is 1. The molecule has 0 spiro atoms. The number of aryl methyl sites for hydroxylation is 2. The average Bonchev–Trinajstić information content (AvgIpc) is 2.97. The standard InChI is InChI=1S/C20H19ClN2O2S/c1-13-18(14(2)25-23-13)12-26-19-6-4-3-5-17(19)20(24)22-11-15-7-9-16(21)10-8-15/h3-10H,11-12H2,1-2H3,(H,22,24). The number of halogens is 1. The van der Waals surface area contributed by atoms with Gasteiger partial charge in [-0.3, -0.25) is 4.79 Å². The first-order valence-electron chi connectivity index (χ1n) is 8.21. The monoisotopic (exact) mass is 386 g/mol. The quantitative estimate of drug-likeness (QED) is 0.594. The van der Waals surface area contributed by atoms with Crippen LogP contribution in [0, 0.1) is 13.8 Å². The van der Waals surface area contributed by atoms with E-state index in [0.717, 1.165) is 27.5 Å². The predicted octanol–water partition coefficient (Wildman–Crippen LogP) is 5.17. The predicted molar refractivity (Wildman–Crippen MR) is 105 cm³/mol. The number of amides is 1. The topological polar surface area (TPSA) is 55.1 Å². The molecule has 1 N–H and O–H groups in total. The molecule has 134 valence electrons. The maximum absolute atomic E-state index is 12.6. The van der Waals surface area contributed by atoms with Gasteiger partial charge in [0.15, 0.2) is 0 Å². The third kappa shape index (κ3) is 4.48. The molecule has 0 saturated heterocycles. The van der Waals surface area contributed by atoms with E-state index in [1.165, 1.54) is 0 Å². The minimum Gasteiger partial charge on any atom is -0.361 e. The molecule has 3 rings (SSSR count). The highest BCUT2D eigenvalue weighted by molar-refractivity contribution is 7.98. The van der Waals surface area contributed by atoms with Crippen LogP contribution in [0.3, 0.4) is 0 Å². The smallest absolute Gasteiger partial charge is 0.252 e. The van der Waals surface area contributed by atoms with Gasteiger partial charge < -0.3 is 9.84 Å². The zero-order valence-electron chi connectivity index (χ0n) is 14.6. The Morgan fingerprint density at radius 2 is 1.88 bits per heavy atom. The van der Waals surface area contributed by atoms with E-state index < -0.39 is 0 Å². The molecule has 1 amide bonds. The Labute approximate surface area is 161 Å². The second-order valence-corrected chi connectivity index (χ2v) is 7.35. The normalized spacial score (nSPS) is 10.7. The zero-order valence-corrected chi connectivity index (χ0v) is 16.2. The first-order valence-corrected chi connectivity index (χ1v) is 9.57. The van der Waals surface area contributed by atoms with Crippen molar-refractivity contribution in [1.82, 2.24) is 10.5 Å². The van der Waals surface area contributed by atoms with Crippen molar-refractivity contribution in [3.05, 3.63) is 81.7 Å². The second kappa shape index (κ2) is 8.43. The van der Waals surface area contributed by atoms with E-state index in [2.05, 4.69) is 10.5 Å². The highest BCUT2D eigenvalue weighted by Gasteiger charge is 2.14. The fourth-order valence-corrected chi connectivity index (χ4v) is 3.85. The average molecular weight is 387 g/mol. The molecule has 0 saturated carbocycles. The molecule has 0 aliphatic carbocycles. The van der Waals surface area contributed by atoms with Crippen molar-refractivity contribution < 1.29 is 9.32 Å². The van der Waals surface area contributed by atoms with Gasteiger partial charge in [0.05, 0.1) is 11.3 Å². The molecule has 26 heavy (non-hydrogen) atoms. The molecular weight excluding hydrogens is 368 g/mol. The van der Waals surface area contributed by atoms with Gasteiger partial charge >= 0.3 is 0 Å². The minimum absolute atomic E-state index is 0.0955. The summed E-state index contributed by atoms with van der Waals surface area (Å²) in [4.78, 5) is 13.6. The van der Waals surface area contributed by atoms with Gasteiger partial charge in [-0.25, -0.2) is 0 Å². The van der Waals surface area contributed by atoms with Crippen LogP contribution >= 0.6 is 23.4 Å². The van der Waals surface area contributed by atoms with E-state index in [1.807, 2.05) is 62.4 Å². The first-order chi connectivity index (χ1) is 12.5. The summed E-state index contributed by atoms with van der Waals surface area (Å²) >= 11 is 7.50. The molecule has 0 aliphatic rings.